The number of hydrogen-bond donors (Lipinski definition) is 0. The predicted octanol–water partition coefficient (Wildman–Crippen LogP) is 2.43. The number of sulfonamides is 1. The van der Waals surface area contributed by atoms with Crippen molar-refractivity contribution in [3.8, 4) is 0 Å². The van der Waals surface area contributed by atoms with Crippen LogP contribution in [0, 0.1) is 0 Å². The van der Waals surface area contributed by atoms with Gasteiger partial charge in [-0.25, -0.2) is 8.42 Å². The van der Waals surface area contributed by atoms with Crippen molar-refractivity contribution in [1.82, 2.24) is 4.90 Å². The molecule has 144 valence electrons. The second kappa shape index (κ2) is 8.00. The van der Waals surface area contributed by atoms with E-state index in [2.05, 4.69) is 17.0 Å². The zero-order chi connectivity index (χ0) is 19.4. The van der Waals surface area contributed by atoms with Gasteiger partial charge in [0.15, 0.2) is 0 Å². The minimum Gasteiger partial charge on any atom is -0.368 e. The summed E-state index contributed by atoms with van der Waals surface area (Å²) in [5.41, 5.74) is 2.31. The van der Waals surface area contributed by atoms with Crippen LogP contribution in [-0.4, -0.2) is 58.2 Å². The van der Waals surface area contributed by atoms with Gasteiger partial charge in [-0.15, -0.1) is 0 Å². The van der Waals surface area contributed by atoms with Crippen LogP contribution >= 0.6 is 0 Å². The van der Waals surface area contributed by atoms with Crippen LogP contribution in [0.5, 0.6) is 0 Å². The van der Waals surface area contributed by atoms with Gasteiger partial charge in [-0.3, -0.25) is 9.10 Å². The Hall–Kier alpha value is -2.54. The number of hydrogen-bond acceptors (Lipinski definition) is 4. The van der Waals surface area contributed by atoms with E-state index in [1.807, 2.05) is 23.1 Å². The summed E-state index contributed by atoms with van der Waals surface area (Å²) < 4.78 is 25.2. The van der Waals surface area contributed by atoms with Crippen LogP contribution < -0.4 is 9.21 Å². The van der Waals surface area contributed by atoms with Gasteiger partial charge in [0.25, 0.3) is 5.91 Å². The quantitative estimate of drug-likeness (QED) is 0.791. The van der Waals surface area contributed by atoms with Crippen molar-refractivity contribution in [1.29, 1.82) is 0 Å². The number of amides is 1. The molecule has 0 N–H and O–H groups in total. The summed E-state index contributed by atoms with van der Waals surface area (Å²) in [7, 11) is -1.78. The van der Waals surface area contributed by atoms with Gasteiger partial charge in [-0.1, -0.05) is 18.2 Å². The van der Waals surface area contributed by atoms with Crippen LogP contribution in [0.25, 0.3) is 0 Å². The maximum absolute atomic E-state index is 12.8. The largest absolute Gasteiger partial charge is 0.368 e. The Morgan fingerprint density at radius 3 is 2.11 bits per heavy atom. The molecule has 0 atom stereocenters. The molecule has 7 heteroatoms. The van der Waals surface area contributed by atoms with Crippen molar-refractivity contribution < 1.29 is 13.2 Å². The summed E-state index contributed by atoms with van der Waals surface area (Å²) in [5.74, 6) is 0.0193. The molecule has 3 rings (SSSR count). The first-order valence-electron chi connectivity index (χ1n) is 9.08. The van der Waals surface area contributed by atoms with Crippen molar-refractivity contribution in [2.45, 2.75) is 6.92 Å². The molecule has 2 aromatic carbocycles. The average Bonchev–Trinajstić information content (AvgIpc) is 2.73. The Morgan fingerprint density at radius 2 is 1.56 bits per heavy atom. The van der Waals surface area contributed by atoms with E-state index in [0.717, 1.165) is 13.1 Å². The molecule has 1 aliphatic heterocycles. The van der Waals surface area contributed by atoms with Crippen LogP contribution in [0.15, 0.2) is 54.6 Å². The van der Waals surface area contributed by atoms with E-state index < -0.39 is 10.0 Å². The first-order chi connectivity index (χ1) is 12.9. The summed E-state index contributed by atoms with van der Waals surface area (Å²) in [5, 5.41) is 0. The zero-order valence-electron chi connectivity index (χ0n) is 15.7. The molecule has 6 nitrogen and oxygen atoms in total. The lowest BCUT2D eigenvalue weighted by Crippen LogP contribution is -2.48. The number of benzene rings is 2. The third-order valence-corrected chi connectivity index (χ3v) is 6.72. The van der Waals surface area contributed by atoms with Crippen molar-refractivity contribution in [2.75, 3.05) is 48.2 Å². The van der Waals surface area contributed by atoms with Crippen LogP contribution in [0.1, 0.15) is 17.3 Å². The lowest BCUT2D eigenvalue weighted by Gasteiger charge is -2.36. The third-order valence-electron chi connectivity index (χ3n) is 4.95. The molecule has 0 saturated carbocycles. The SMILES string of the molecule is CCS(=O)(=O)N(C)c1ccc(C(=O)N2CCN(c3ccccc3)CC2)cc1. The highest BCUT2D eigenvalue weighted by Gasteiger charge is 2.23. The molecule has 0 spiro atoms. The predicted molar refractivity (Wildman–Crippen MR) is 109 cm³/mol. The molecule has 0 radical (unpaired) electrons. The van der Waals surface area contributed by atoms with Gasteiger partial charge in [0.2, 0.25) is 10.0 Å². The van der Waals surface area contributed by atoms with E-state index in [9.17, 15) is 13.2 Å². The molecule has 0 aromatic heterocycles. The standard InChI is InChI=1S/C20H25N3O3S/c1-3-27(25,26)21(2)18-11-9-17(10-12-18)20(24)23-15-13-22(14-16-23)19-7-5-4-6-8-19/h4-12H,3,13-16H2,1-2H3. The fraction of sp³-hybridized carbons (Fsp3) is 0.350. The van der Waals surface area contributed by atoms with Crippen molar-refractivity contribution >= 4 is 27.3 Å². The van der Waals surface area contributed by atoms with E-state index >= 15 is 0 Å². The Kier molecular flexibility index (Phi) is 5.70. The monoisotopic (exact) mass is 387 g/mol. The summed E-state index contributed by atoms with van der Waals surface area (Å²) in [6.07, 6.45) is 0. The van der Waals surface area contributed by atoms with Gasteiger partial charge in [-0.05, 0) is 43.3 Å². The maximum atomic E-state index is 12.8. The minimum atomic E-state index is -3.30. The molecule has 2 aromatic rings. The molecular formula is C20H25N3O3S. The normalized spacial score (nSPS) is 14.9. The van der Waals surface area contributed by atoms with Gasteiger partial charge in [0.05, 0.1) is 11.4 Å². The number of carbonyl (C=O) groups excluding carboxylic acids is 1. The van der Waals surface area contributed by atoms with E-state index in [1.165, 1.54) is 17.0 Å². The van der Waals surface area contributed by atoms with Crippen LogP contribution in [0.3, 0.4) is 0 Å². The van der Waals surface area contributed by atoms with Gasteiger partial charge < -0.3 is 9.80 Å². The molecule has 1 amide bonds. The van der Waals surface area contributed by atoms with E-state index in [-0.39, 0.29) is 11.7 Å². The third kappa shape index (κ3) is 4.24. The molecule has 1 fully saturated rings. The van der Waals surface area contributed by atoms with E-state index in [0.29, 0.717) is 24.3 Å². The Bertz CT molecular complexity index is 874. The highest BCUT2D eigenvalue weighted by atomic mass is 32.2. The van der Waals surface area contributed by atoms with Crippen molar-refractivity contribution in [3.63, 3.8) is 0 Å². The van der Waals surface area contributed by atoms with Crippen LogP contribution in [-0.2, 0) is 10.0 Å². The van der Waals surface area contributed by atoms with Crippen molar-refractivity contribution in [3.05, 3.63) is 60.2 Å². The van der Waals surface area contributed by atoms with Gasteiger partial charge >= 0.3 is 0 Å². The Morgan fingerprint density at radius 1 is 0.963 bits per heavy atom. The first kappa shape index (κ1) is 19.2. The van der Waals surface area contributed by atoms with E-state index in [1.54, 1.807) is 31.2 Å². The first-order valence-corrected chi connectivity index (χ1v) is 10.7. The Labute approximate surface area is 161 Å². The molecule has 1 saturated heterocycles. The molecule has 1 heterocycles. The summed E-state index contributed by atoms with van der Waals surface area (Å²) in [6.45, 7) is 4.54. The van der Waals surface area contributed by atoms with Crippen LogP contribution in [0.2, 0.25) is 0 Å². The fourth-order valence-corrected chi connectivity index (χ4v) is 3.99. The number of rotatable bonds is 5. The highest BCUT2D eigenvalue weighted by molar-refractivity contribution is 7.92. The smallest absolute Gasteiger partial charge is 0.253 e. The molecule has 0 unspecified atom stereocenters. The molecule has 0 bridgehead atoms. The number of anilines is 2. The lowest BCUT2D eigenvalue weighted by atomic mass is 10.1. The minimum absolute atomic E-state index is 0.0183. The molecule has 0 aliphatic carbocycles. The number of para-hydroxylation sites is 1. The van der Waals surface area contributed by atoms with Crippen LogP contribution in [0.4, 0.5) is 11.4 Å². The fourth-order valence-electron chi connectivity index (χ4n) is 3.16. The lowest BCUT2D eigenvalue weighted by molar-refractivity contribution is 0.0747. The van der Waals surface area contributed by atoms with E-state index in [4.69, 9.17) is 0 Å². The summed E-state index contributed by atoms with van der Waals surface area (Å²) >= 11 is 0. The zero-order valence-corrected chi connectivity index (χ0v) is 16.5. The maximum Gasteiger partial charge on any atom is 0.253 e. The second-order valence-corrected chi connectivity index (χ2v) is 8.82. The molecule has 1 aliphatic rings. The number of carbonyl (C=O) groups is 1. The topological polar surface area (TPSA) is 60.9 Å². The second-order valence-electron chi connectivity index (χ2n) is 6.53. The van der Waals surface area contributed by atoms with Crippen molar-refractivity contribution in [2.24, 2.45) is 0 Å². The number of nitrogens with zero attached hydrogens (tertiary/aromatic N) is 3. The van der Waals surface area contributed by atoms with Gasteiger partial charge in [0, 0.05) is 44.5 Å². The molecular weight excluding hydrogens is 362 g/mol. The van der Waals surface area contributed by atoms with Gasteiger partial charge in [-0.2, -0.15) is 0 Å². The molecule has 27 heavy (non-hydrogen) atoms. The summed E-state index contributed by atoms with van der Waals surface area (Å²) in [4.78, 5) is 16.9. The average molecular weight is 388 g/mol. The Balaban J connectivity index is 1.63. The van der Waals surface area contributed by atoms with Gasteiger partial charge in [0.1, 0.15) is 0 Å². The number of piperazine rings is 1. The highest BCUT2D eigenvalue weighted by Crippen LogP contribution is 2.20. The summed E-state index contributed by atoms with van der Waals surface area (Å²) in [6, 6.07) is 17.0.